The average molecular weight is 584 g/mol. The highest BCUT2D eigenvalue weighted by Gasteiger charge is 2.52. The Morgan fingerprint density at radius 2 is 1.57 bits per heavy atom. The molecular weight excluding hydrogens is 538 g/mol. The molecule has 234 valence electrons. The van der Waals surface area contributed by atoms with Crippen molar-refractivity contribution in [3.8, 4) is 0 Å². The second kappa shape index (κ2) is 14.4. The molecule has 17 N–H and O–H groups in total. The minimum Gasteiger partial charge on any atom is -0.394 e. The van der Waals surface area contributed by atoms with Crippen LogP contribution in [0.4, 0.5) is 0 Å². The summed E-state index contributed by atoms with van der Waals surface area (Å²) >= 11 is 0. The van der Waals surface area contributed by atoms with Gasteiger partial charge in [0.25, 0.3) is 0 Å². The number of aliphatic hydroxyl groups excluding tert-OH is 8. The van der Waals surface area contributed by atoms with E-state index in [0.717, 1.165) is 0 Å². The largest absolute Gasteiger partial charge is 0.394 e. The molecule has 1 heterocycles. The van der Waals surface area contributed by atoms with Gasteiger partial charge in [-0.25, -0.2) is 0 Å². The van der Waals surface area contributed by atoms with Gasteiger partial charge >= 0.3 is 0 Å². The normalized spacial score (nSPS) is 47.0. The number of rotatable bonds is 10. The van der Waals surface area contributed by atoms with Crippen molar-refractivity contribution in [2.75, 3.05) is 19.7 Å². The lowest BCUT2D eigenvalue weighted by Crippen LogP contribution is -2.69. The van der Waals surface area contributed by atoms with E-state index in [1.54, 1.807) is 0 Å². The molecule has 17 nitrogen and oxygen atoms in total. The van der Waals surface area contributed by atoms with Crippen molar-refractivity contribution in [3.05, 3.63) is 0 Å². The summed E-state index contributed by atoms with van der Waals surface area (Å²) in [6.45, 7) is -0.646. The fourth-order valence-corrected chi connectivity index (χ4v) is 5.54. The van der Waals surface area contributed by atoms with E-state index in [0.29, 0.717) is 0 Å². The molecular formula is C23H45N5O12. The molecule has 1 saturated heterocycles. The molecule has 2 saturated carbocycles. The van der Waals surface area contributed by atoms with Gasteiger partial charge < -0.3 is 83.3 Å². The highest BCUT2D eigenvalue weighted by Crippen LogP contribution is 2.33. The Morgan fingerprint density at radius 1 is 0.900 bits per heavy atom. The van der Waals surface area contributed by atoms with E-state index in [1.165, 1.54) is 0 Å². The molecule has 0 unspecified atom stereocenters. The first-order valence-electron chi connectivity index (χ1n) is 13.4. The Hall–Kier alpha value is -1.13. The molecule has 16 atom stereocenters. The number of hydrogen-bond acceptors (Lipinski definition) is 16. The van der Waals surface area contributed by atoms with Gasteiger partial charge in [0, 0.05) is 12.0 Å². The standard InChI is InChI=1S/C23H45N5O12/c24-2-1-10(30)22(37)28-9-4-8(26)20(38-11-3-7(5-25)14(31)18(35)16(11)33)19(36)21(9)40-23-17(34)13(27)15(32)12(6-29)39-23/h7-21,23,29-36H,1-6,24-27H2,(H,28,37)/t7-,8+,9-,10+,11+,12-,13+,14-,15-,16+,17-,18+,19+,20-,21+,23-/m1/s1. The Labute approximate surface area is 231 Å². The zero-order chi connectivity index (χ0) is 29.9. The van der Waals surface area contributed by atoms with Crippen molar-refractivity contribution in [1.82, 2.24) is 5.32 Å². The minimum absolute atomic E-state index is 0.00983. The molecule has 0 radical (unpaired) electrons. The van der Waals surface area contributed by atoms with Gasteiger partial charge in [0.1, 0.15) is 54.9 Å². The number of carbonyl (C=O) groups is 1. The average Bonchev–Trinajstić information content (AvgIpc) is 2.92. The van der Waals surface area contributed by atoms with Gasteiger partial charge in [0.2, 0.25) is 5.91 Å². The molecule has 1 aliphatic heterocycles. The van der Waals surface area contributed by atoms with Crippen molar-refractivity contribution < 1.29 is 59.9 Å². The van der Waals surface area contributed by atoms with Gasteiger partial charge in [0.15, 0.2) is 6.29 Å². The van der Waals surface area contributed by atoms with Gasteiger partial charge in [-0.1, -0.05) is 0 Å². The maximum Gasteiger partial charge on any atom is 0.249 e. The Morgan fingerprint density at radius 3 is 2.17 bits per heavy atom. The summed E-state index contributed by atoms with van der Waals surface area (Å²) in [5.41, 5.74) is 23.3. The van der Waals surface area contributed by atoms with Crippen LogP contribution in [0.15, 0.2) is 0 Å². The quantitative estimate of drug-likeness (QED) is 0.113. The van der Waals surface area contributed by atoms with Crippen LogP contribution in [0.1, 0.15) is 19.3 Å². The Bertz CT molecular complexity index is 814. The van der Waals surface area contributed by atoms with Gasteiger partial charge in [-0.05, 0) is 32.4 Å². The molecule has 3 aliphatic rings. The summed E-state index contributed by atoms with van der Waals surface area (Å²) in [5.74, 6) is -1.43. The third-order valence-corrected chi connectivity index (χ3v) is 8.05. The monoisotopic (exact) mass is 583 g/mol. The zero-order valence-corrected chi connectivity index (χ0v) is 22.0. The molecule has 40 heavy (non-hydrogen) atoms. The second-order valence-electron chi connectivity index (χ2n) is 10.8. The molecule has 1 amide bonds. The third-order valence-electron chi connectivity index (χ3n) is 8.05. The molecule has 0 aromatic rings. The highest BCUT2D eigenvalue weighted by molar-refractivity contribution is 5.80. The lowest BCUT2D eigenvalue weighted by atomic mass is 9.79. The Balaban J connectivity index is 1.85. The first kappa shape index (κ1) is 33.4. The Kier molecular flexibility index (Phi) is 12.0. The van der Waals surface area contributed by atoms with Crippen LogP contribution in [0.3, 0.4) is 0 Å². The molecule has 0 aromatic heterocycles. The lowest BCUT2D eigenvalue weighted by molar-refractivity contribution is -0.309. The van der Waals surface area contributed by atoms with Gasteiger partial charge in [-0.2, -0.15) is 0 Å². The predicted octanol–water partition coefficient (Wildman–Crippen LogP) is -7.76. The highest BCUT2D eigenvalue weighted by atomic mass is 16.7. The third kappa shape index (κ3) is 7.08. The van der Waals surface area contributed by atoms with Crippen LogP contribution in [-0.4, -0.2) is 158 Å². The molecule has 0 aromatic carbocycles. The first-order valence-corrected chi connectivity index (χ1v) is 13.4. The lowest BCUT2D eigenvalue weighted by Gasteiger charge is -2.49. The van der Waals surface area contributed by atoms with Crippen LogP contribution in [-0.2, 0) is 19.0 Å². The SMILES string of the molecule is NCC[C@H](O)C(=O)N[C@@H]1C[C@H](N)[C@@H](O[C@H]2C[C@H](CN)[C@@H](O)[C@H](O)[C@H]2O)[C@H](O)[C@H]1O[C@H]1O[C@H](CO)[C@@H](O)[C@H](N)[C@H]1O. The molecule has 0 spiro atoms. The van der Waals surface area contributed by atoms with Crippen molar-refractivity contribution in [2.45, 2.75) is 111 Å². The van der Waals surface area contributed by atoms with E-state index in [2.05, 4.69) is 5.32 Å². The van der Waals surface area contributed by atoms with Gasteiger partial charge in [-0.3, -0.25) is 4.79 Å². The predicted molar refractivity (Wildman–Crippen MR) is 135 cm³/mol. The van der Waals surface area contributed by atoms with Crippen LogP contribution in [0.25, 0.3) is 0 Å². The van der Waals surface area contributed by atoms with E-state index in [9.17, 15) is 45.6 Å². The molecule has 0 bridgehead atoms. The van der Waals surface area contributed by atoms with E-state index in [4.69, 9.17) is 37.1 Å². The van der Waals surface area contributed by atoms with Crippen LogP contribution in [0.5, 0.6) is 0 Å². The maximum absolute atomic E-state index is 12.6. The summed E-state index contributed by atoms with van der Waals surface area (Å²) in [5, 5.41) is 85.3. The van der Waals surface area contributed by atoms with E-state index >= 15 is 0 Å². The van der Waals surface area contributed by atoms with Crippen LogP contribution in [0.2, 0.25) is 0 Å². The number of nitrogens with one attached hydrogen (secondary N) is 1. The number of ether oxygens (including phenoxy) is 3. The maximum atomic E-state index is 12.6. The number of amides is 1. The first-order chi connectivity index (χ1) is 18.9. The second-order valence-corrected chi connectivity index (χ2v) is 10.8. The molecule has 3 fully saturated rings. The van der Waals surface area contributed by atoms with E-state index < -0.39 is 110 Å². The van der Waals surface area contributed by atoms with Gasteiger partial charge in [0.05, 0.1) is 30.9 Å². The van der Waals surface area contributed by atoms with Gasteiger partial charge in [-0.15, -0.1) is 0 Å². The summed E-state index contributed by atoms with van der Waals surface area (Å²) in [4.78, 5) is 12.6. The summed E-state index contributed by atoms with van der Waals surface area (Å²) in [6.07, 6.45) is -17.2. The minimum atomic E-state index is -1.64. The summed E-state index contributed by atoms with van der Waals surface area (Å²) in [6, 6.07) is -3.31. The smallest absolute Gasteiger partial charge is 0.249 e. The van der Waals surface area contributed by atoms with Crippen LogP contribution >= 0.6 is 0 Å². The number of aliphatic hydroxyl groups is 8. The van der Waals surface area contributed by atoms with E-state index in [-0.39, 0.29) is 32.4 Å². The number of nitrogens with two attached hydrogens (primary N) is 4. The van der Waals surface area contributed by atoms with Crippen molar-refractivity contribution in [3.63, 3.8) is 0 Å². The van der Waals surface area contributed by atoms with Crippen LogP contribution in [0, 0.1) is 5.92 Å². The summed E-state index contributed by atoms with van der Waals surface area (Å²) in [7, 11) is 0. The zero-order valence-electron chi connectivity index (χ0n) is 22.0. The van der Waals surface area contributed by atoms with Crippen molar-refractivity contribution in [1.29, 1.82) is 0 Å². The summed E-state index contributed by atoms with van der Waals surface area (Å²) < 4.78 is 17.3. The van der Waals surface area contributed by atoms with Crippen molar-refractivity contribution >= 4 is 5.91 Å². The molecule has 2 aliphatic carbocycles. The topological polar surface area (TPSA) is 323 Å². The fraction of sp³-hybridized carbons (Fsp3) is 0.957. The van der Waals surface area contributed by atoms with Crippen LogP contribution < -0.4 is 28.3 Å². The number of hydrogen-bond donors (Lipinski definition) is 13. The number of carbonyl (C=O) groups excluding carboxylic acids is 1. The fourth-order valence-electron chi connectivity index (χ4n) is 5.54. The molecule has 3 rings (SSSR count). The van der Waals surface area contributed by atoms with Crippen molar-refractivity contribution in [2.24, 2.45) is 28.9 Å². The van der Waals surface area contributed by atoms with E-state index in [1.807, 2.05) is 0 Å². The molecule has 17 heteroatoms.